The van der Waals surface area contributed by atoms with Gasteiger partial charge in [-0.15, -0.1) is 0 Å². The fraction of sp³-hybridized carbons (Fsp3) is 0.192. The molecule has 8 heteroatoms. The molecule has 0 aliphatic carbocycles. The zero-order valence-corrected chi connectivity index (χ0v) is 65.0. The Morgan fingerprint density at radius 2 is 0.500 bits per heavy atom. The van der Waals surface area contributed by atoms with Gasteiger partial charge < -0.3 is 18.3 Å². The summed E-state index contributed by atoms with van der Waals surface area (Å²) in [5.74, 6) is 0. The molecule has 0 N–H and O–H groups in total. The van der Waals surface area contributed by atoms with Crippen LogP contribution in [0.1, 0.15) is 74.2 Å². The number of pyridine rings is 4. The van der Waals surface area contributed by atoms with E-state index in [2.05, 4.69) is 416 Å². The van der Waals surface area contributed by atoms with E-state index in [1.165, 1.54) is 220 Å². The molecule has 0 unspecified atom stereocenters. The van der Waals surface area contributed by atoms with Crippen LogP contribution in [0.25, 0.3) is 175 Å². The summed E-state index contributed by atoms with van der Waals surface area (Å²) in [5, 5.41) is 21.0. The van der Waals surface area contributed by atoms with Gasteiger partial charge in [-0.3, -0.25) is 0 Å². The van der Waals surface area contributed by atoms with Crippen molar-refractivity contribution in [1.29, 1.82) is 0 Å². The summed E-state index contributed by atoms with van der Waals surface area (Å²) in [6, 6.07) is 88.3. The maximum atomic E-state index is 2.40. The van der Waals surface area contributed by atoms with E-state index < -0.39 is 0 Å². The molecule has 0 aliphatic heterocycles. The van der Waals surface area contributed by atoms with Crippen LogP contribution in [0, 0.1) is 55.4 Å². The Kier molecular flexibility index (Phi) is 21.1. The van der Waals surface area contributed by atoms with E-state index in [4.69, 9.17) is 0 Å². The van der Waals surface area contributed by atoms with Gasteiger partial charge in [-0.05, 0) is 123 Å². The zero-order valence-electron chi connectivity index (χ0n) is 65.0. The van der Waals surface area contributed by atoms with Crippen molar-refractivity contribution in [2.45, 2.75) is 85.1 Å². The number of rotatable bonds is 4. The summed E-state index contributed by atoms with van der Waals surface area (Å²) in [7, 11) is 17.4. The van der Waals surface area contributed by atoms with E-state index in [0.717, 1.165) is 0 Å². The lowest BCUT2D eigenvalue weighted by molar-refractivity contribution is -0.659. The first-order chi connectivity index (χ1) is 52.3. The van der Waals surface area contributed by atoms with Crippen LogP contribution in [0.3, 0.4) is 0 Å². The molecule has 12 aromatic carbocycles. The highest BCUT2D eigenvalue weighted by molar-refractivity contribution is 6.23. The van der Waals surface area contributed by atoms with Crippen LogP contribution in [0.4, 0.5) is 0 Å². The van der Waals surface area contributed by atoms with Gasteiger partial charge in [0.2, 0.25) is 22.8 Å². The quantitative estimate of drug-likeness (QED) is 0.157. The standard InChI is InChI=1S/C26H25N2.2C25H23N2.C24H21N2.4CH4/c1-16-10-12-20(17(2)14-16)25-26-23(18(3)15-27(25)4)22-13-11-19-8-6-7-9-21(19)24(22)28(26)5;1-16-9-11-19(17(2)15-16)24-25-22(13-14-26(24)3)21-12-10-18-7-5-6-8-20(18)23(21)27(25)4;1-16-9-11-20-18(15-16)10-12-21-22-13-14-26(3)24(25(22)27(4)23(20)21)19-8-6-5-7-17(19)2;1-16-8-4-6-10-18(16)23-24-21(14-15-25(23)2)20-13-12-17-9-5-7-11-19(17)22(20)26(24)3;;;;/h6-15H,1-5H3;2*5-15H,1-4H3;4-15H,1-3H3;4*1H4/q4*+1;;;;. The fourth-order valence-corrected chi connectivity index (χ4v) is 18.2. The number of hydrogen-bond donors (Lipinski definition) is 0. The molecule has 0 fully saturated rings. The summed E-state index contributed by atoms with van der Waals surface area (Å²) >= 11 is 0. The van der Waals surface area contributed by atoms with E-state index in [1.54, 1.807) is 0 Å². The van der Waals surface area contributed by atoms with Gasteiger partial charge in [0.15, 0.2) is 24.8 Å². The third kappa shape index (κ3) is 12.6. The normalized spacial score (nSPS) is 11.3. The van der Waals surface area contributed by atoms with Gasteiger partial charge in [-0.1, -0.05) is 247 Å². The Morgan fingerprint density at radius 3 is 0.893 bits per heavy atom. The van der Waals surface area contributed by atoms with Crippen molar-refractivity contribution in [3.8, 4) is 45.0 Å². The highest BCUT2D eigenvalue weighted by Crippen LogP contribution is 2.43. The molecule has 0 radical (unpaired) electrons. The van der Waals surface area contributed by atoms with E-state index in [1.807, 2.05) is 0 Å². The van der Waals surface area contributed by atoms with Crippen molar-refractivity contribution in [1.82, 2.24) is 18.3 Å². The highest BCUT2D eigenvalue weighted by Gasteiger charge is 2.29. The Labute approximate surface area is 661 Å². The van der Waals surface area contributed by atoms with Gasteiger partial charge in [0.1, 0.15) is 50.3 Å². The molecular weight excluding hydrogens is 1360 g/mol. The average molecular weight is 1470 g/mol. The second-order valence-corrected chi connectivity index (χ2v) is 30.3. The van der Waals surface area contributed by atoms with Crippen LogP contribution in [0.2, 0.25) is 0 Å². The summed E-state index contributed by atoms with van der Waals surface area (Å²) in [4.78, 5) is 0. The van der Waals surface area contributed by atoms with Crippen LogP contribution >= 0.6 is 0 Å². The molecule has 0 atom stereocenters. The molecule has 20 rings (SSSR count). The molecule has 0 saturated carbocycles. The molecule has 20 aromatic rings. The van der Waals surface area contributed by atoms with E-state index >= 15 is 0 Å². The summed E-state index contributed by atoms with van der Waals surface area (Å²) in [6.45, 7) is 17.5. The van der Waals surface area contributed by atoms with Gasteiger partial charge >= 0.3 is 0 Å². The van der Waals surface area contributed by atoms with Crippen LogP contribution in [0.5, 0.6) is 0 Å². The molecule has 0 saturated heterocycles. The Bertz CT molecular complexity index is 7130. The predicted molar refractivity (Wildman–Crippen MR) is 483 cm³/mol. The highest BCUT2D eigenvalue weighted by atomic mass is 15.0. The average Bonchev–Trinajstić information content (AvgIpc) is 1.60. The van der Waals surface area contributed by atoms with E-state index in [-0.39, 0.29) is 29.7 Å². The number of nitrogens with zero attached hydrogens (tertiary/aromatic N) is 8. The smallest absolute Gasteiger partial charge is 0.237 e. The topological polar surface area (TPSA) is 35.2 Å². The number of hydrogen-bond acceptors (Lipinski definition) is 0. The second kappa shape index (κ2) is 30.4. The van der Waals surface area contributed by atoms with Crippen LogP contribution in [0.15, 0.2) is 267 Å². The number of fused-ring (bicyclic) bond motifs is 20. The van der Waals surface area contributed by atoms with Crippen molar-refractivity contribution in [2.24, 2.45) is 56.4 Å². The van der Waals surface area contributed by atoms with Gasteiger partial charge in [0.25, 0.3) is 0 Å². The Morgan fingerprint density at radius 1 is 0.214 bits per heavy atom. The molecule has 8 nitrogen and oxygen atoms in total. The lowest BCUT2D eigenvalue weighted by Gasteiger charge is -2.10. The van der Waals surface area contributed by atoms with Crippen molar-refractivity contribution in [3.63, 3.8) is 0 Å². The molecule has 0 aliphatic rings. The Hall–Kier alpha value is -12.5. The van der Waals surface area contributed by atoms with Gasteiger partial charge in [0, 0.05) is 117 Å². The SMILES string of the molecule is C.C.C.C.Cc1ccc(-c2c3c(c(C)c[n+]2C)c2ccc4ccccc4c2n3C)c(C)c1.Cc1ccc(-c2c3c(cc[n+]2C)c2ccc4ccccc4c2n3C)c(C)c1.Cc1ccc2c(ccc3c4cc[n+](C)c(-c5ccccc5C)c4n(C)c23)c1.Cc1ccccc1-c1c2c(cc[n+]1C)c1ccc3ccccc3c1n2C. The largest absolute Gasteiger partial charge is 0.338 e. The van der Waals surface area contributed by atoms with E-state index in [0.29, 0.717) is 0 Å². The maximum absolute atomic E-state index is 2.40. The monoisotopic (exact) mass is 1470 g/mol. The maximum Gasteiger partial charge on any atom is 0.237 e. The first-order valence-electron chi connectivity index (χ1n) is 37.7. The number of aryl methyl sites for hydroxylation is 16. The van der Waals surface area contributed by atoms with Crippen molar-refractivity contribution < 1.29 is 18.3 Å². The molecule has 0 spiro atoms. The molecule has 0 bridgehead atoms. The zero-order chi connectivity index (χ0) is 74.8. The third-order valence-electron chi connectivity index (χ3n) is 23.2. The molecular formula is C104H108N8+4. The van der Waals surface area contributed by atoms with Crippen molar-refractivity contribution in [2.75, 3.05) is 0 Å². The molecule has 560 valence electrons. The Balaban J connectivity index is 0.000000129. The summed E-state index contributed by atoms with van der Waals surface area (Å²) in [5.41, 5.74) is 31.1. The lowest BCUT2D eigenvalue weighted by atomic mass is 9.99. The summed E-state index contributed by atoms with van der Waals surface area (Å²) in [6.07, 6.45) is 8.82. The minimum atomic E-state index is 0. The van der Waals surface area contributed by atoms with E-state index in [9.17, 15) is 0 Å². The van der Waals surface area contributed by atoms with Gasteiger partial charge in [0.05, 0.1) is 44.3 Å². The number of aromatic nitrogens is 8. The number of benzene rings is 12. The van der Waals surface area contributed by atoms with Crippen molar-refractivity contribution in [3.05, 3.63) is 312 Å². The second-order valence-electron chi connectivity index (χ2n) is 30.3. The minimum absolute atomic E-state index is 0. The molecule has 8 heterocycles. The van der Waals surface area contributed by atoms with Gasteiger partial charge in [-0.2, -0.15) is 18.3 Å². The lowest BCUT2D eigenvalue weighted by Crippen LogP contribution is -2.32. The summed E-state index contributed by atoms with van der Waals surface area (Å²) < 4.78 is 18.5. The van der Waals surface area contributed by atoms with Crippen LogP contribution in [-0.4, -0.2) is 18.3 Å². The molecule has 8 aromatic heterocycles. The predicted octanol–water partition coefficient (Wildman–Crippen LogP) is 24.9. The third-order valence-corrected chi connectivity index (χ3v) is 23.2. The first-order valence-corrected chi connectivity index (χ1v) is 37.7. The van der Waals surface area contributed by atoms with Crippen LogP contribution in [-0.2, 0) is 56.4 Å². The first kappa shape index (κ1) is 77.6. The van der Waals surface area contributed by atoms with Crippen LogP contribution < -0.4 is 18.3 Å². The fourth-order valence-electron chi connectivity index (χ4n) is 18.2. The molecule has 112 heavy (non-hydrogen) atoms. The van der Waals surface area contributed by atoms with Crippen molar-refractivity contribution >= 4 is 130 Å². The molecule has 0 amide bonds. The van der Waals surface area contributed by atoms with Gasteiger partial charge in [-0.25, -0.2) is 0 Å². The minimum Gasteiger partial charge on any atom is -0.338 e.